The highest BCUT2D eigenvalue weighted by Crippen LogP contribution is 2.38. The summed E-state index contributed by atoms with van der Waals surface area (Å²) >= 11 is 0. The third kappa shape index (κ3) is 2.31. The highest BCUT2D eigenvalue weighted by molar-refractivity contribution is 5.82. The van der Waals surface area contributed by atoms with Gasteiger partial charge in [-0.2, -0.15) is 0 Å². The summed E-state index contributed by atoms with van der Waals surface area (Å²) in [5.74, 6) is 0.452. The molecule has 1 atom stereocenters. The molecule has 0 radical (unpaired) electrons. The Hall–Kier alpha value is -1.61. The van der Waals surface area contributed by atoms with Gasteiger partial charge in [0.1, 0.15) is 5.75 Å². The number of fused-ring (bicyclic) bond motifs is 1. The zero-order valence-electron chi connectivity index (χ0n) is 10.6. The fraction of sp³-hybridized carbons (Fsp3) is 0.400. The molecule has 0 aliphatic carbocycles. The van der Waals surface area contributed by atoms with Crippen molar-refractivity contribution in [1.29, 1.82) is 0 Å². The van der Waals surface area contributed by atoms with Crippen molar-refractivity contribution in [2.45, 2.75) is 19.8 Å². The van der Waals surface area contributed by atoms with Crippen LogP contribution in [0, 0.1) is 5.41 Å². The molecule has 0 unspecified atom stereocenters. The van der Waals surface area contributed by atoms with E-state index in [1.807, 2.05) is 31.2 Å². The van der Waals surface area contributed by atoms with Gasteiger partial charge in [0.25, 0.3) is 0 Å². The number of allylic oxidation sites excluding steroid dienone is 1. The molecule has 0 saturated carbocycles. The van der Waals surface area contributed by atoms with Gasteiger partial charge >= 0.3 is 5.97 Å². The molecular formula is C15H18O3. The summed E-state index contributed by atoms with van der Waals surface area (Å²) in [6.45, 7) is 6.62. The van der Waals surface area contributed by atoms with Crippen LogP contribution in [0.5, 0.6) is 5.75 Å². The smallest absolute Gasteiger partial charge is 0.320 e. The summed E-state index contributed by atoms with van der Waals surface area (Å²) < 4.78 is 10.9. The molecule has 1 heterocycles. The molecule has 2 rings (SSSR count). The largest absolute Gasteiger partial charge is 0.426 e. The lowest BCUT2D eigenvalue weighted by Crippen LogP contribution is -2.43. The van der Waals surface area contributed by atoms with Crippen LogP contribution in [0.15, 0.2) is 36.9 Å². The Balaban J connectivity index is 2.31. The van der Waals surface area contributed by atoms with Crippen molar-refractivity contribution in [3.63, 3.8) is 0 Å². The van der Waals surface area contributed by atoms with Crippen LogP contribution in [0.3, 0.4) is 0 Å². The third-order valence-electron chi connectivity index (χ3n) is 3.25. The van der Waals surface area contributed by atoms with E-state index in [-0.39, 0.29) is 5.97 Å². The number of hydrogen-bond acceptors (Lipinski definition) is 3. The number of para-hydroxylation sites is 1. The SMILES string of the molecule is C=CC[C@]1(COCC)Cc2ccccc2OC1=O. The molecule has 1 aromatic rings. The van der Waals surface area contributed by atoms with Crippen molar-refractivity contribution in [1.82, 2.24) is 0 Å². The maximum Gasteiger partial charge on any atom is 0.320 e. The van der Waals surface area contributed by atoms with Crippen molar-refractivity contribution >= 4 is 5.97 Å². The van der Waals surface area contributed by atoms with Crippen LogP contribution in [0.4, 0.5) is 0 Å². The predicted octanol–water partition coefficient (Wildman–Crippen LogP) is 2.75. The fourth-order valence-electron chi connectivity index (χ4n) is 2.29. The molecule has 0 fully saturated rings. The summed E-state index contributed by atoms with van der Waals surface area (Å²) in [5.41, 5.74) is 0.435. The van der Waals surface area contributed by atoms with Crippen molar-refractivity contribution < 1.29 is 14.3 Å². The molecule has 0 spiro atoms. The van der Waals surface area contributed by atoms with E-state index in [4.69, 9.17) is 9.47 Å². The van der Waals surface area contributed by atoms with Crippen LogP contribution in [-0.2, 0) is 16.0 Å². The Kier molecular flexibility index (Phi) is 3.82. The fourth-order valence-corrected chi connectivity index (χ4v) is 2.29. The number of esters is 1. The second-order valence-corrected chi connectivity index (χ2v) is 4.58. The molecule has 1 aliphatic heterocycles. The Morgan fingerprint density at radius 1 is 1.50 bits per heavy atom. The summed E-state index contributed by atoms with van der Waals surface area (Å²) in [7, 11) is 0. The second kappa shape index (κ2) is 5.36. The van der Waals surface area contributed by atoms with Gasteiger partial charge in [-0.05, 0) is 31.4 Å². The molecule has 0 N–H and O–H groups in total. The van der Waals surface area contributed by atoms with E-state index >= 15 is 0 Å². The summed E-state index contributed by atoms with van der Waals surface area (Å²) in [6.07, 6.45) is 2.97. The molecule has 1 aromatic carbocycles. The average Bonchev–Trinajstić information content (AvgIpc) is 2.38. The first-order chi connectivity index (χ1) is 8.72. The number of rotatable bonds is 5. The zero-order chi connectivity index (χ0) is 13.0. The first-order valence-corrected chi connectivity index (χ1v) is 6.20. The monoisotopic (exact) mass is 246 g/mol. The number of carbonyl (C=O) groups excluding carboxylic acids is 1. The first kappa shape index (κ1) is 12.8. The molecule has 18 heavy (non-hydrogen) atoms. The maximum absolute atomic E-state index is 12.2. The summed E-state index contributed by atoms with van der Waals surface area (Å²) in [6, 6.07) is 7.64. The van der Waals surface area contributed by atoms with Gasteiger partial charge in [-0.1, -0.05) is 24.3 Å². The van der Waals surface area contributed by atoms with Crippen LogP contribution in [0.25, 0.3) is 0 Å². The first-order valence-electron chi connectivity index (χ1n) is 6.20. The molecule has 0 amide bonds. The van der Waals surface area contributed by atoms with Gasteiger partial charge in [-0.3, -0.25) is 4.79 Å². The molecule has 3 nitrogen and oxygen atoms in total. The Morgan fingerprint density at radius 2 is 2.28 bits per heavy atom. The van der Waals surface area contributed by atoms with Gasteiger partial charge in [0.2, 0.25) is 0 Å². The van der Waals surface area contributed by atoms with Gasteiger partial charge in [0, 0.05) is 6.61 Å². The lowest BCUT2D eigenvalue weighted by Gasteiger charge is -2.34. The second-order valence-electron chi connectivity index (χ2n) is 4.58. The minimum Gasteiger partial charge on any atom is -0.426 e. The van der Waals surface area contributed by atoms with Crippen LogP contribution in [0.1, 0.15) is 18.9 Å². The Bertz CT molecular complexity index is 453. The number of benzene rings is 1. The highest BCUT2D eigenvalue weighted by atomic mass is 16.5. The lowest BCUT2D eigenvalue weighted by molar-refractivity contribution is -0.151. The van der Waals surface area contributed by atoms with Gasteiger partial charge in [0.15, 0.2) is 0 Å². The van der Waals surface area contributed by atoms with Gasteiger partial charge < -0.3 is 9.47 Å². The topological polar surface area (TPSA) is 35.5 Å². The Labute approximate surface area is 107 Å². The van der Waals surface area contributed by atoms with Gasteiger partial charge in [0.05, 0.1) is 12.0 Å². The number of ether oxygens (including phenoxy) is 2. The van der Waals surface area contributed by atoms with Crippen molar-refractivity contribution in [3.05, 3.63) is 42.5 Å². The molecule has 0 bridgehead atoms. The normalized spacial score (nSPS) is 22.2. The zero-order valence-corrected chi connectivity index (χ0v) is 10.6. The standard InChI is InChI=1S/C15H18O3/c1-3-9-15(11-17-4-2)10-12-7-5-6-8-13(12)18-14(15)16/h3,5-8H,1,4,9-11H2,2H3/t15-/m1/s1. The minimum atomic E-state index is -0.619. The van der Waals surface area contributed by atoms with Crippen LogP contribution < -0.4 is 4.74 Å². The Morgan fingerprint density at radius 3 is 3.00 bits per heavy atom. The van der Waals surface area contributed by atoms with E-state index in [1.54, 1.807) is 6.08 Å². The van der Waals surface area contributed by atoms with Crippen molar-refractivity contribution in [3.8, 4) is 5.75 Å². The van der Waals surface area contributed by atoms with E-state index in [9.17, 15) is 4.79 Å². The van der Waals surface area contributed by atoms with E-state index in [1.165, 1.54) is 0 Å². The third-order valence-corrected chi connectivity index (χ3v) is 3.25. The summed E-state index contributed by atoms with van der Waals surface area (Å²) in [4.78, 5) is 12.2. The highest BCUT2D eigenvalue weighted by Gasteiger charge is 2.43. The molecule has 0 saturated heterocycles. The van der Waals surface area contributed by atoms with Crippen LogP contribution in [0.2, 0.25) is 0 Å². The predicted molar refractivity (Wildman–Crippen MR) is 69.5 cm³/mol. The maximum atomic E-state index is 12.2. The van der Waals surface area contributed by atoms with E-state index in [2.05, 4.69) is 6.58 Å². The molecule has 0 aromatic heterocycles. The molecule has 96 valence electrons. The number of carbonyl (C=O) groups is 1. The van der Waals surface area contributed by atoms with Crippen LogP contribution >= 0.6 is 0 Å². The van der Waals surface area contributed by atoms with E-state index < -0.39 is 5.41 Å². The average molecular weight is 246 g/mol. The minimum absolute atomic E-state index is 0.213. The molecular weight excluding hydrogens is 228 g/mol. The molecule has 1 aliphatic rings. The lowest BCUT2D eigenvalue weighted by atomic mass is 9.77. The molecule has 3 heteroatoms. The van der Waals surface area contributed by atoms with Crippen molar-refractivity contribution in [2.75, 3.05) is 13.2 Å². The number of hydrogen-bond donors (Lipinski definition) is 0. The van der Waals surface area contributed by atoms with Gasteiger partial charge in [-0.25, -0.2) is 0 Å². The van der Waals surface area contributed by atoms with Crippen LogP contribution in [-0.4, -0.2) is 19.2 Å². The van der Waals surface area contributed by atoms with E-state index in [0.29, 0.717) is 31.8 Å². The van der Waals surface area contributed by atoms with Gasteiger partial charge in [-0.15, -0.1) is 6.58 Å². The van der Waals surface area contributed by atoms with E-state index in [0.717, 1.165) is 5.56 Å². The van der Waals surface area contributed by atoms with Crippen molar-refractivity contribution in [2.24, 2.45) is 5.41 Å². The quantitative estimate of drug-likeness (QED) is 0.455. The summed E-state index contributed by atoms with van der Waals surface area (Å²) in [5, 5.41) is 0.